The Bertz CT molecular complexity index is 457. The number of halogens is 1. The molecular weight excluding hydrogens is 258 g/mol. The van der Waals surface area contributed by atoms with Crippen molar-refractivity contribution in [3.63, 3.8) is 0 Å². The van der Waals surface area contributed by atoms with E-state index >= 15 is 0 Å². The van der Waals surface area contributed by atoms with Gasteiger partial charge < -0.3 is 4.74 Å². The van der Waals surface area contributed by atoms with Crippen LogP contribution in [0.4, 0.5) is 0 Å². The van der Waals surface area contributed by atoms with E-state index in [0.717, 1.165) is 24.2 Å². The largest absolute Gasteiger partial charge is 0.496 e. The molecule has 1 aromatic rings. The van der Waals surface area contributed by atoms with Gasteiger partial charge in [-0.05, 0) is 29.9 Å². The fourth-order valence-corrected chi connectivity index (χ4v) is 2.29. The maximum atomic E-state index is 8.58. The summed E-state index contributed by atoms with van der Waals surface area (Å²) in [5.41, 5.74) is 2.35. The highest BCUT2D eigenvalue weighted by Crippen LogP contribution is 2.36. The molecule has 0 aromatic heterocycles. The normalized spacial score (nSPS) is 12.8. The average Bonchev–Trinajstić information content (AvgIpc) is 2.37. The maximum absolute atomic E-state index is 8.58. The molecule has 0 heterocycles. The molecule has 1 atom stereocenters. The van der Waals surface area contributed by atoms with E-state index in [9.17, 15) is 0 Å². The minimum absolute atomic E-state index is 0.0876. The van der Waals surface area contributed by atoms with E-state index in [4.69, 9.17) is 21.6 Å². The van der Waals surface area contributed by atoms with Crippen molar-refractivity contribution < 1.29 is 4.74 Å². The van der Waals surface area contributed by atoms with Crippen LogP contribution in [-0.2, 0) is 5.41 Å². The van der Waals surface area contributed by atoms with Crippen molar-refractivity contribution in [3.05, 3.63) is 29.3 Å². The molecule has 1 rings (SSSR count). The predicted molar refractivity (Wildman–Crippen MR) is 79.8 cm³/mol. The zero-order valence-electron chi connectivity index (χ0n) is 12.2. The number of nitriles is 1. The van der Waals surface area contributed by atoms with Crippen molar-refractivity contribution >= 4 is 11.6 Å². The SMILES string of the molecule is COc1ccc(C(C)(C)C)cc1C(Cl)CCCC#N. The molecule has 0 fully saturated rings. The van der Waals surface area contributed by atoms with Gasteiger partial charge in [0.1, 0.15) is 5.75 Å². The van der Waals surface area contributed by atoms with Crippen LogP contribution in [0, 0.1) is 11.3 Å². The number of nitrogens with zero attached hydrogens (tertiary/aromatic N) is 1. The Balaban J connectivity index is 2.99. The third-order valence-corrected chi connectivity index (χ3v) is 3.63. The number of alkyl halides is 1. The lowest BCUT2D eigenvalue weighted by molar-refractivity contribution is 0.407. The fraction of sp³-hybridized carbons (Fsp3) is 0.562. The Labute approximate surface area is 121 Å². The van der Waals surface area contributed by atoms with Gasteiger partial charge >= 0.3 is 0 Å². The minimum Gasteiger partial charge on any atom is -0.496 e. The monoisotopic (exact) mass is 279 g/mol. The lowest BCUT2D eigenvalue weighted by Gasteiger charge is -2.22. The van der Waals surface area contributed by atoms with Crippen LogP contribution in [0.15, 0.2) is 18.2 Å². The number of ether oxygens (including phenoxy) is 1. The molecule has 0 spiro atoms. The van der Waals surface area contributed by atoms with Crippen LogP contribution in [0.25, 0.3) is 0 Å². The molecule has 19 heavy (non-hydrogen) atoms. The van der Waals surface area contributed by atoms with Gasteiger partial charge in [0.2, 0.25) is 0 Å². The second kappa shape index (κ2) is 6.82. The Hall–Kier alpha value is -1.20. The molecule has 0 bridgehead atoms. The maximum Gasteiger partial charge on any atom is 0.123 e. The van der Waals surface area contributed by atoms with Gasteiger partial charge in [0.25, 0.3) is 0 Å². The number of rotatable bonds is 5. The number of benzene rings is 1. The summed E-state index contributed by atoms with van der Waals surface area (Å²) >= 11 is 6.46. The Morgan fingerprint density at radius 3 is 2.58 bits per heavy atom. The highest BCUT2D eigenvalue weighted by atomic mass is 35.5. The van der Waals surface area contributed by atoms with Crippen molar-refractivity contribution in [2.45, 2.75) is 50.8 Å². The van der Waals surface area contributed by atoms with Crippen LogP contribution >= 0.6 is 11.6 Å². The van der Waals surface area contributed by atoms with Crippen LogP contribution in [0.5, 0.6) is 5.75 Å². The first-order chi connectivity index (χ1) is 8.90. The van der Waals surface area contributed by atoms with Gasteiger partial charge in [-0.1, -0.05) is 32.9 Å². The highest BCUT2D eigenvalue weighted by Gasteiger charge is 2.19. The summed E-state index contributed by atoms with van der Waals surface area (Å²) in [6.45, 7) is 6.53. The van der Waals surface area contributed by atoms with Crippen LogP contribution in [0.3, 0.4) is 0 Å². The van der Waals surface area contributed by atoms with Gasteiger partial charge in [-0.3, -0.25) is 0 Å². The van der Waals surface area contributed by atoms with Crippen molar-refractivity contribution in [1.29, 1.82) is 5.26 Å². The van der Waals surface area contributed by atoms with Crippen molar-refractivity contribution in [2.24, 2.45) is 0 Å². The Morgan fingerprint density at radius 1 is 1.37 bits per heavy atom. The van der Waals surface area contributed by atoms with E-state index < -0.39 is 0 Å². The van der Waals surface area contributed by atoms with Gasteiger partial charge in [0, 0.05) is 12.0 Å². The topological polar surface area (TPSA) is 33.0 Å². The predicted octanol–water partition coefficient (Wildman–Crippen LogP) is 4.97. The molecule has 1 unspecified atom stereocenters. The second-order valence-corrected chi connectivity index (χ2v) is 6.25. The van der Waals surface area contributed by atoms with Gasteiger partial charge in [0.15, 0.2) is 0 Å². The average molecular weight is 280 g/mol. The second-order valence-electron chi connectivity index (χ2n) is 5.72. The summed E-state index contributed by atoms with van der Waals surface area (Å²) in [6.07, 6.45) is 2.15. The zero-order valence-corrected chi connectivity index (χ0v) is 12.9. The van der Waals surface area contributed by atoms with E-state index in [1.807, 2.05) is 6.07 Å². The van der Waals surface area contributed by atoms with Crippen LogP contribution in [0.2, 0.25) is 0 Å². The quantitative estimate of drug-likeness (QED) is 0.563. The van der Waals surface area contributed by atoms with Crippen molar-refractivity contribution in [2.75, 3.05) is 7.11 Å². The number of methoxy groups -OCH3 is 1. The highest BCUT2D eigenvalue weighted by molar-refractivity contribution is 6.21. The van der Waals surface area contributed by atoms with Gasteiger partial charge in [-0.2, -0.15) is 5.26 Å². The first-order valence-corrected chi connectivity index (χ1v) is 7.03. The molecule has 1 aromatic carbocycles. The number of hydrogen-bond acceptors (Lipinski definition) is 2. The summed E-state index contributed by atoms with van der Waals surface area (Å²) in [6, 6.07) is 8.34. The van der Waals surface area contributed by atoms with E-state index in [-0.39, 0.29) is 10.8 Å². The fourth-order valence-electron chi connectivity index (χ4n) is 1.96. The van der Waals surface area contributed by atoms with Crippen molar-refractivity contribution in [1.82, 2.24) is 0 Å². The van der Waals surface area contributed by atoms with E-state index in [1.54, 1.807) is 7.11 Å². The summed E-state index contributed by atoms with van der Waals surface area (Å²) in [5.74, 6) is 0.824. The molecule has 0 radical (unpaired) electrons. The third kappa shape index (κ3) is 4.44. The molecule has 0 N–H and O–H groups in total. The molecule has 0 saturated carbocycles. The Kier molecular flexibility index (Phi) is 5.69. The lowest BCUT2D eigenvalue weighted by atomic mass is 9.85. The smallest absolute Gasteiger partial charge is 0.123 e. The molecule has 0 aliphatic heterocycles. The lowest BCUT2D eigenvalue weighted by Crippen LogP contribution is -2.12. The van der Waals surface area contributed by atoms with Gasteiger partial charge in [0.05, 0.1) is 18.6 Å². The minimum atomic E-state index is -0.106. The van der Waals surface area contributed by atoms with Crippen LogP contribution in [0.1, 0.15) is 56.5 Å². The molecule has 0 aliphatic rings. The third-order valence-electron chi connectivity index (χ3n) is 3.18. The van der Waals surface area contributed by atoms with Crippen LogP contribution in [-0.4, -0.2) is 7.11 Å². The van der Waals surface area contributed by atoms with Gasteiger partial charge in [-0.25, -0.2) is 0 Å². The molecular formula is C16H22ClNO. The van der Waals surface area contributed by atoms with Crippen LogP contribution < -0.4 is 4.74 Å². The summed E-state index contributed by atoms with van der Waals surface area (Å²) in [4.78, 5) is 0. The molecule has 104 valence electrons. The molecule has 0 amide bonds. The van der Waals surface area contributed by atoms with E-state index in [0.29, 0.717) is 6.42 Å². The summed E-state index contributed by atoms with van der Waals surface area (Å²) < 4.78 is 5.39. The summed E-state index contributed by atoms with van der Waals surface area (Å²) in [7, 11) is 1.66. The molecule has 2 nitrogen and oxygen atoms in total. The summed E-state index contributed by atoms with van der Waals surface area (Å²) in [5, 5.41) is 8.48. The molecule has 3 heteroatoms. The first-order valence-electron chi connectivity index (χ1n) is 6.59. The van der Waals surface area contributed by atoms with E-state index in [2.05, 4.69) is 39.0 Å². The first kappa shape index (κ1) is 15.9. The standard InChI is InChI=1S/C16H22ClNO/c1-16(2,3)12-8-9-15(19-4)13(11-12)14(17)7-5-6-10-18/h8-9,11,14H,5-7H2,1-4H3. The van der Waals surface area contributed by atoms with Crippen molar-refractivity contribution in [3.8, 4) is 11.8 Å². The molecule has 0 aliphatic carbocycles. The molecule has 0 saturated heterocycles. The zero-order chi connectivity index (χ0) is 14.5. The van der Waals surface area contributed by atoms with E-state index in [1.165, 1.54) is 5.56 Å². The number of hydrogen-bond donors (Lipinski definition) is 0. The number of unbranched alkanes of at least 4 members (excludes halogenated alkanes) is 1. The van der Waals surface area contributed by atoms with Gasteiger partial charge in [-0.15, -0.1) is 11.6 Å². The Morgan fingerprint density at radius 2 is 2.05 bits per heavy atom.